The summed E-state index contributed by atoms with van der Waals surface area (Å²) in [6, 6.07) is 2.79. The lowest BCUT2D eigenvalue weighted by molar-refractivity contribution is 0.112. The lowest BCUT2D eigenvalue weighted by Gasteiger charge is -2.06. The number of allylic oxidation sites excluding steroid dienone is 2. The highest BCUT2D eigenvalue weighted by Gasteiger charge is 2.09. The van der Waals surface area contributed by atoms with Crippen molar-refractivity contribution in [1.82, 2.24) is 0 Å². The molecule has 0 radical (unpaired) electrons. The Morgan fingerprint density at radius 1 is 1.36 bits per heavy atom. The van der Waals surface area contributed by atoms with Crippen molar-refractivity contribution in [2.24, 2.45) is 0 Å². The molecule has 0 fully saturated rings. The molecule has 0 saturated heterocycles. The first kappa shape index (κ1) is 10.3. The van der Waals surface area contributed by atoms with Crippen LogP contribution in [0, 0.1) is 0 Å². The number of rotatable bonds is 3. The number of carbonyl (C=O) groups excluding carboxylic acids is 1. The standard InChI is InChI=1S/C11H12O3/c1-2-3-4-9-10(13)6-5-8(7-12)11(9)14/h2-3,5-7,13-14H,4H2,1H3/b3-2-. The molecule has 3 nitrogen and oxygen atoms in total. The van der Waals surface area contributed by atoms with Gasteiger partial charge in [0.15, 0.2) is 6.29 Å². The van der Waals surface area contributed by atoms with E-state index in [9.17, 15) is 15.0 Å². The molecule has 1 aromatic rings. The zero-order valence-electron chi connectivity index (χ0n) is 7.90. The summed E-state index contributed by atoms with van der Waals surface area (Å²) in [5.74, 6) is -0.135. The number of hydrogen-bond acceptors (Lipinski definition) is 3. The third kappa shape index (κ3) is 1.93. The Bertz CT molecular complexity index is 367. The van der Waals surface area contributed by atoms with Crippen LogP contribution in [0.2, 0.25) is 0 Å². The second-order valence-electron chi connectivity index (χ2n) is 2.89. The number of phenols is 2. The predicted octanol–water partition coefficient (Wildman–Crippen LogP) is 2.03. The maximum absolute atomic E-state index is 10.5. The Balaban J connectivity index is 3.17. The number of benzene rings is 1. The number of carbonyl (C=O) groups is 1. The zero-order valence-corrected chi connectivity index (χ0v) is 7.90. The van der Waals surface area contributed by atoms with E-state index in [1.165, 1.54) is 12.1 Å². The van der Waals surface area contributed by atoms with Crippen molar-refractivity contribution in [3.63, 3.8) is 0 Å². The van der Waals surface area contributed by atoms with Gasteiger partial charge in [0.1, 0.15) is 11.5 Å². The highest BCUT2D eigenvalue weighted by Crippen LogP contribution is 2.30. The molecule has 0 amide bonds. The Morgan fingerprint density at radius 2 is 2.07 bits per heavy atom. The smallest absolute Gasteiger partial charge is 0.153 e. The van der Waals surface area contributed by atoms with Gasteiger partial charge in [-0.15, -0.1) is 0 Å². The first-order chi connectivity index (χ1) is 6.70. The summed E-state index contributed by atoms with van der Waals surface area (Å²) >= 11 is 0. The summed E-state index contributed by atoms with van der Waals surface area (Å²) in [6.45, 7) is 1.84. The minimum Gasteiger partial charge on any atom is -0.508 e. The summed E-state index contributed by atoms with van der Waals surface area (Å²) in [5.41, 5.74) is 0.579. The lowest BCUT2D eigenvalue weighted by atomic mass is 10.1. The summed E-state index contributed by atoms with van der Waals surface area (Å²) < 4.78 is 0. The van der Waals surface area contributed by atoms with Crippen molar-refractivity contribution in [3.05, 3.63) is 35.4 Å². The highest BCUT2D eigenvalue weighted by molar-refractivity contribution is 5.80. The van der Waals surface area contributed by atoms with Gasteiger partial charge in [0.05, 0.1) is 5.56 Å². The Labute approximate surface area is 82.3 Å². The Morgan fingerprint density at radius 3 is 2.64 bits per heavy atom. The molecule has 0 aliphatic carbocycles. The molecule has 0 atom stereocenters. The van der Waals surface area contributed by atoms with Crippen molar-refractivity contribution < 1.29 is 15.0 Å². The van der Waals surface area contributed by atoms with Crippen LogP contribution in [-0.2, 0) is 6.42 Å². The van der Waals surface area contributed by atoms with Gasteiger partial charge in [0.25, 0.3) is 0 Å². The topological polar surface area (TPSA) is 57.5 Å². The number of aromatic hydroxyl groups is 2. The van der Waals surface area contributed by atoms with E-state index in [4.69, 9.17) is 0 Å². The van der Waals surface area contributed by atoms with E-state index >= 15 is 0 Å². The van der Waals surface area contributed by atoms with E-state index < -0.39 is 0 Å². The van der Waals surface area contributed by atoms with Crippen LogP contribution in [-0.4, -0.2) is 16.5 Å². The molecule has 0 bridgehead atoms. The molecule has 0 heterocycles. The zero-order chi connectivity index (χ0) is 10.6. The fourth-order valence-corrected chi connectivity index (χ4v) is 1.18. The molecule has 2 N–H and O–H groups in total. The van der Waals surface area contributed by atoms with Gasteiger partial charge in [-0.2, -0.15) is 0 Å². The average molecular weight is 192 g/mol. The van der Waals surface area contributed by atoms with Crippen LogP contribution >= 0.6 is 0 Å². The van der Waals surface area contributed by atoms with Gasteiger partial charge in [-0.3, -0.25) is 4.79 Å². The van der Waals surface area contributed by atoms with Gasteiger partial charge in [-0.25, -0.2) is 0 Å². The number of phenolic OH excluding ortho intramolecular Hbond substituents is 2. The normalized spacial score (nSPS) is 10.6. The molecule has 74 valence electrons. The number of hydrogen-bond donors (Lipinski definition) is 2. The van der Waals surface area contributed by atoms with Crippen LogP contribution in [0.1, 0.15) is 22.8 Å². The average Bonchev–Trinajstić information content (AvgIpc) is 2.18. The first-order valence-corrected chi connectivity index (χ1v) is 4.30. The molecular formula is C11H12O3. The van der Waals surface area contributed by atoms with Crippen molar-refractivity contribution in [2.75, 3.05) is 0 Å². The van der Waals surface area contributed by atoms with Gasteiger partial charge in [-0.05, 0) is 25.5 Å². The molecule has 0 saturated carbocycles. The van der Waals surface area contributed by atoms with Crippen LogP contribution in [0.5, 0.6) is 11.5 Å². The van der Waals surface area contributed by atoms with Crippen molar-refractivity contribution in [1.29, 1.82) is 0 Å². The maximum Gasteiger partial charge on any atom is 0.153 e. The third-order valence-electron chi connectivity index (χ3n) is 1.97. The van der Waals surface area contributed by atoms with E-state index in [2.05, 4.69) is 0 Å². The largest absolute Gasteiger partial charge is 0.508 e. The summed E-state index contributed by atoms with van der Waals surface area (Å²) in [4.78, 5) is 10.5. The second kappa shape index (κ2) is 4.46. The summed E-state index contributed by atoms with van der Waals surface area (Å²) in [6.07, 6.45) is 4.58. The van der Waals surface area contributed by atoms with Gasteiger partial charge in [0, 0.05) is 5.56 Å². The Hall–Kier alpha value is -1.77. The lowest BCUT2D eigenvalue weighted by Crippen LogP contribution is -1.89. The van der Waals surface area contributed by atoms with Crippen molar-refractivity contribution in [3.8, 4) is 11.5 Å². The van der Waals surface area contributed by atoms with Crippen molar-refractivity contribution in [2.45, 2.75) is 13.3 Å². The van der Waals surface area contributed by atoms with Crippen molar-refractivity contribution >= 4 is 6.29 Å². The second-order valence-corrected chi connectivity index (χ2v) is 2.89. The molecule has 0 unspecified atom stereocenters. The van der Waals surface area contributed by atoms with E-state index in [-0.39, 0.29) is 17.1 Å². The van der Waals surface area contributed by atoms with Gasteiger partial charge in [0.2, 0.25) is 0 Å². The minimum atomic E-state index is -0.141. The van der Waals surface area contributed by atoms with Gasteiger partial charge in [-0.1, -0.05) is 12.2 Å². The van der Waals surface area contributed by atoms with Gasteiger partial charge >= 0.3 is 0 Å². The van der Waals surface area contributed by atoms with E-state index in [0.717, 1.165) is 0 Å². The van der Waals surface area contributed by atoms with E-state index in [1.807, 2.05) is 13.0 Å². The fourth-order valence-electron chi connectivity index (χ4n) is 1.18. The minimum absolute atomic E-state index is 0.00574. The molecule has 0 aliphatic heterocycles. The molecule has 0 spiro atoms. The SMILES string of the molecule is C/C=C\Cc1c(O)ccc(C=O)c1O. The monoisotopic (exact) mass is 192 g/mol. The Kier molecular flexibility index (Phi) is 3.29. The fraction of sp³-hybridized carbons (Fsp3) is 0.182. The van der Waals surface area contributed by atoms with Gasteiger partial charge < -0.3 is 10.2 Å². The molecule has 1 aromatic carbocycles. The molecular weight excluding hydrogens is 180 g/mol. The van der Waals surface area contributed by atoms with E-state index in [0.29, 0.717) is 18.3 Å². The first-order valence-electron chi connectivity index (χ1n) is 4.30. The molecule has 0 aromatic heterocycles. The van der Waals surface area contributed by atoms with Crippen LogP contribution in [0.3, 0.4) is 0 Å². The molecule has 0 aliphatic rings. The maximum atomic E-state index is 10.5. The summed E-state index contributed by atoms with van der Waals surface area (Å²) in [5, 5.41) is 19.0. The quantitative estimate of drug-likeness (QED) is 0.569. The van der Waals surface area contributed by atoms with E-state index in [1.54, 1.807) is 6.08 Å². The van der Waals surface area contributed by atoms with Crippen LogP contribution in [0.4, 0.5) is 0 Å². The summed E-state index contributed by atoms with van der Waals surface area (Å²) in [7, 11) is 0. The van der Waals surface area contributed by atoms with Crippen LogP contribution < -0.4 is 0 Å². The van der Waals surface area contributed by atoms with Crippen LogP contribution in [0.25, 0.3) is 0 Å². The highest BCUT2D eigenvalue weighted by atomic mass is 16.3. The molecule has 1 rings (SSSR count). The molecule has 3 heteroatoms. The predicted molar refractivity (Wildman–Crippen MR) is 53.7 cm³/mol. The number of aldehydes is 1. The third-order valence-corrected chi connectivity index (χ3v) is 1.97. The van der Waals surface area contributed by atoms with Crippen LogP contribution in [0.15, 0.2) is 24.3 Å². The molecule has 14 heavy (non-hydrogen) atoms.